The van der Waals surface area contributed by atoms with Crippen molar-refractivity contribution in [1.82, 2.24) is 19.8 Å². The summed E-state index contributed by atoms with van der Waals surface area (Å²) in [5.41, 5.74) is 6.02. The van der Waals surface area contributed by atoms with E-state index < -0.39 is 6.04 Å². The SMILES string of the molecule is O=C(CN1CCN(CCc2ccc(OCc3ccccc3)cc2)C(=O)[C@@H]1Cc1c[nH]c2ccccc12)c1c[nH]c2ccccc12. The summed E-state index contributed by atoms with van der Waals surface area (Å²) in [5, 5.41) is 2.03. The smallest absolute Gasteiger partial charge is 0.240 e. The summed E-state index contributed by atoms with van der Waals surface area (Å²) < 4.78 is 5.94. The van der Waals surface area contributed by atoms with Crippen molar-refractivity contribution in [3.8, 4) is 5.75 Å². The summed E-state index contributed by atoms with van der Waals surface area (Å²) >= 11 is 0. The van der Waals surface area contributed by atoms with Gasteiger partial charge in [-0.05, 0) is 53.8 Å². The number of amides is 1. The Bertz CT molecular complexity index is 1930. The van der Waals surface area contributed by atoms with Crippen molar-refractivity contribution in [3.05, 3.63) is 138 Å². The van der Waals surface area contributed by atoms with E-state index >= 15 is 0 Å². The molecule has 1 fully saturated rings. The molecular weight excluding hydrogens is 560 g/mol. The van der Waals surface area contributed by atoms with Crippen LogP contribution in [-0.4, -0.2) is 63.7 Å². The number of piperazine rings is 1. The number of rotatable bonds is 11. The maximum Gasteiger partial charge on any atom is 0.240 e. The van der Waals surface area contributed by atoms with Crippen LogP contribution in [0.4, 0.5) is 0 Å². The summed E-state index contributed by atoms with van der Waals surface area (Å²) in [7, 11) is 0. The summed E-state index contributed by atoms with van der Waals surface area (Å²) in [6, 6.07) is 33.8. The predicted octanol–water partition coefficient (Wildman–Crippen LogP) is 6.41. The molecule has 0 spiro atoms. The second-order valence-corrected chi connectivity index (χ2v) is 11.7. The van der Waals surface area contributed by atoms with Crippen molar-refractivity contribution in [2.45, 2.75) is 25.5 Å². The van der Waals surface area contributed by atoms with E-state index in [-0.39, 0.29) is 18.2 Å². The quantitative estimate of drug-likeness (QED) is 0.170. The lowest BCUT2D eigenvalue weighted by Crippen LogP contribution is -2.59. The number of benzene rings is 4. The standard InChI is InChI=1S/C38H36N4O3/c43-37(33-24-40-35-13-7-5-11-32(33)35)25-42-21-20-41(38(44)36(42)22-29-23-39-34-12-6-4-10-31(29)34)19-18-27-14-16-30(17-15-27)45-26-28-8-2-1-3-9-28/h1-17,23-24,36,39-40H,18-22,25-26H2/t36-/m0/s1. The van der Waals surface area contributed by atoms with E-state index in [4.69, 9.17) is 4.74 Å². The molecule has 0 aliphatic carbocycles. The molecule has 7 nitrogen and oxygen atoms in total. The fraction of sp³-hybridized carbons (Fsp3) is 0.211. The first kappa shape index (κ1) is 28.6. The third kappa shape index (κ3) is 6.26. The Morgan fingerprint density at radius 3 is 2.24 bits per heavy atom. The summed E-state index contributed by atoms with van der Waals surface area (Å²) in [4.78, 5) is 38.3. The number of para-hydroxylation sites is 2. The van der Waals surface area contributed by atoms with Gasteiger partial charge in [0.1, 0.15) is 12.4 Å². The number of carbonyl (C=O) groups excluding carboxylic acids is 2. The van der Waals surface area contributed by atoms with Crippen LogP contribution < -0.4 is 4.74 Å². The van der Waals surface area contributed by atoms with Crippen LogP contribution in [0, 0.1) is 0 Å². The number of hydrogen-bond donors (Lipinski definition) is 2. The molecule has 1 saturated heterocycles. The first-order chi connectivity index (χ1) is 22.1. The molecule has 1 amide bonds. The van der Waals surface area contributed by atoms with Crippen LogP contribution in [-0.2, 0) is 24.2 Å². The van der Waals surface area contributed by atoms with Gasteiger partial charge in [-0.1, -0.05) is 78.9 Å². The van der Waals surface area contributed by atoms with Crippen molar-refractivity contribution >= 4 is 33.5 Å². The van der Waals surface area contributed by atoms with Gasteiger partial charge in [-0.15, -0.1) is 0 Å². The molecule has 0 unspecified atom stereocenters. The number of fused-ring (bicyclic) bond motifs is 2. The highest BCUT2D eigenvalue weighted by molar-refractivity contribution is 6.09. The Balaban J connectivity index is 1.05. The zero-order valence-corrected chi connectivity index (χ0v) is 25.1. The third-order valence-electron chi connectivity index (χ3n) is 8.86. The molecule has 226 valence electrons. The van der Waals surface area contributed by atoms with Crippen LogP contribution in [0.5, 0.6) is 5.75 Å². The van der Waals surface area contributed by atoms with Crippen molar-refractivity contribution in [2.75, 3.05) is 26.2 Å². The molecule has 6 aromatic rings. The fourth-order valence-electron chi connectivity index (χ4n) is 6.35. The molecule has 7 heteroatoms. The van der Waals surface area contributed by atoms with Gasteiger partial charge in [-0.3, -0.25) is 14.5 Å². The van der Waals surface area contributed by atoms with Crippen LogP contribution in [0.3, 0.4) is 0 Å². The molecule has 1 atom stereocenters. The number of aromatic nitrogens is 2. The minimum Gasteiger partial charge on any atom is -0.489 e. The van der Waals surface area contributed by atoms with Gasteiger partial charge in [0.15, 0.2) is 5.78 Å². The van der Waals surface area contributed by atoms with Crippen LogP contribution in [0.15, 0.2) is 116 Å². The number of ether oxygens (including phenoxy) is 1. The van der Waals surface area contributed by atoms with E-state index in [0.717, 1.165) is 50.7 Å². The van der Waals surface area contributed by atoms with Crippen LogP contribution >= 0.6 is 0 Å². The number of hydrogen-bond acceptors (Lipinski definition) is 4. The molecule has 0 radical (unpaired) electrons. The zero-order valence-electron chi connectivity index (χ0n) is 25.1. The van der Waals surface area contributed by atoms with Gasteiger partial charge in [-0.2, -0.15) is 0 Å². The molecule has 1 aliphatic rings. The molecule has 3 heterocycles. The highest BCUT2D eigenvalue weighted by Gasteiger charge is 2.36. The topological polar surface area (TPSA) is 81.4 Å². The van der Waals surface area contributed by atoms with Crippen LogP contribution in [0.2, 0.25) is 0 Å². The maximum atomic E-state index is 14.1. The van der Waals surface area contributed by atoms with Gasteiger partial charge in [0.05, 0.1) is 12.6 Å². The normalized spacial score (nSPS) is 15.6. The lowest BCUT2D eigenvalue weighted by molar-refractivity contribution is -0.141. The minimum atomic E-state index is -0.430. The Morgan fingerprint density at radius 1 is 0.756 bits per heavy atom. The number of nitrogens with zero attached hydrogens (tertiary/aromatic N) is 2. The number of carbonyl (C=O) groups is 2. The molecule has 45 heavy (non-hydrogen) atoms. The Labute approximate surface area is 262 Å². The third-order valence-corrected chi connectivity index (χ3v) is 8.86. The van der Waals surface area contributed by atoms with E-state index in [2.05, 4.69) is 45.2 Å². The number of aromatic amines is 2. The second kappa shape index (κ2) is 12.8. The first-order valence-corrected chi connectivity index (χ1v) is 15.6. The molecule has 2 aromatic heterocycles. The lowest BCUT2D eigenvalue weighted by atomic mass is 9.99. The molecular formula is C38H36N4O3. The van der Waals surface area contributed by atoms with E-state index in [0.29, 0.717) is 38.2 Å². The number of H-pyrrole nitrogens is 2. The molecule has 7 rings (SSSR count). The van der Waals surface area contributed by atoms with Gasteiger partial charge in [0, 0.05) is 59.4 Å². The second-order valence-electron chi connectivity index (χ2n) is 11.7. The van der Waals surface area contributed by atoms with Crippen molar-refractivity contribution in [2.24, 2.45) is 0 Å². The average molecular weight is 597 g/mol. The summed E-state index contributed by atoms with van der Waals surface area (Å²) in [6.45, 7) is 2.57. The van der Waals surface area contributed by atoms with E-state index in [1.165, 1.54) is 0 Å². The Hall–Kier alpha value is -5.14. The van der Waals surface area contributed by atoms with Gasteiger partial charge >= 0.3 is 0 Å². The van der Waals surface area contributed by atoms with E-state index in [1.807, 2.05) is 83.9 Å². The minimum absolute atomic E-state index is 0.0206. The first-order valence-electron chi connectivity index (χ1n) is 15.6. The summed E-state index contributed by atoms with van der Waals surface area (Å²) in [5.74, 6) is 0.916. The monoisotopic (exact) mass is 596 g/mol. The lowest BCUT2D eigenvalue weighted by Gasteiger charge is -2.40. The van der Waals surface area contributed by atoms with E-state index in [9.17, 15) is 9.59 Å². The van der Waals surface area contributed by atoms with Gasteiger partial charge in [0.25, 0.3) is 0 Å². The number of nitrogens with one attached hydrogen (secondary N) is 2. The fourth-order valence-corrected chi connectivity index (χ4v) is 6.35. The van der Waals surface area contributed by atoms with Crippen molar-refractivity contribution in [1.29, 1.82) is 0 Å². The molecule has 2 N–H and O–H groups in total. The van der Waals surface area contributed by atoms with Gasteiger partial charge < -0.3 is 19.6 Å². The van der Waals surface area contributed by atoms with Gasteiger partial charge in [0.2, 0.25) is 5.91 Å². The van der Waals surface area contributed by atoms with Gasteiger partial charge in [-0.25, -0.2) is 0 Å². The predicted molar refractivity (Wildman–Crippen MR) is 177 cm³/mol. The molecule has 0 bridgehead atoms. The highest BCUT2D eigenvalue weighted by atomic mass is 16.5. The molecule has 4 aromatic carbocycles. The Kier molecular flexibility index (Phi) is 8.17. The maximum absolute atomic E-state index is 14.1. The van der Waals surface area contributed by atoms with Crippen molar-refractivity contribution in [3.63, 3.8) is 0 Å². The molecule has 1 aliphatic heterocycles. The summed E-state index contributed by atoms with van der Waals surface area (Å²) in [6.07, 6.45) is 5.07. The highest BCUT2D eigenvalue weighted by Crippen LogP contribution is 2.25. The average Bonchev–Trinajstić information content (AvgIpc) is 3.70. The Morgan fingerprint density at radius 2 is 1.44 bits per heavy atom. The van der Waals surface area contributed by atoms with Crippen LogP contribution in [0.25, 0.3) is 21.8 Å². The number of ketones is 1. The van der Waals surface area contributed by atoms with E-state index in [1.54, 1.807) is 6.20 Å². The van der Waals surface area contributed by atoms with Crippen molar-refractivity contribution < 1.29 is 14.3 Å². The zero-order chi connectivity index (χ0) is 30.6. The largest absolute Gasteiger partial charge is 0.489 e. The molecule has 0 saturated carbocycles. The number of Topliss-reactive ketones (excluding diaryl/α,β-unsaturated/α-hetero) is 1. The van der Waals surface area contributed by atoms with Crippen LogP contribution in [0.1, 0.15) is 27.0 Å².